The molecule has 0 heterocycles. The van der Waals surface area contributed by atoms with Crippen molar-refractivity contribution in [3.63, 3.8) is 0 Å². The van der Waals surface area contributed by atoms with Gasteiger partial charge in [-0.05, 0) is 36.4 Å². The second-order valence-electron chi connectivity index (χ2n) is 4.65. The van der Waals surface area contributed by atoms with Gasteiger partial charge < -0.3 is 10.6 Å². The van der Waals surface area contributed by atoms with Crippen LogP contribution in [0.4, 0.5) is 16.2 Å². The number of rotatable bonds is 2. The first-order valence-electron chi connectivity index (χ1n) is 7.16. The zero-order valence-electron chi connectivity index (χ0n) is 12.5. The van der Waals surface area contributed by atoms with Crippen molar-refractivity contribution in [2.24, 2.45) is 0 Å². The van der Waals surface area contributed by atoms with Gasteiger partial charge in [-0.3, -0.25) is 0 Å². The highest BCUT2D eigenvalue weighted by molar-refractivity contribution is 7.80. The summed E-state index contributed by atoms with van der Waals surface area (Å²) in [6, 6.07) is 28.2. The first kappa shape index (κ1) is 16.6. The minimum atomic E-state index is -0.239. The number of benzene rings is 3. The highest BCUT2D eigenvalue weighted by Gasteiger charge is 2.00. The first-order valence-corrected chi connectivity index (χ1v) is 7.61. The third-order valence-corrected chi connectivity index (χ3v) is 3.12. The molecule has 0 aromatic heterocycles. The van der Waals surface area contributed by atoms with E-state index in [-0.39, 0.29) is 6.03 Å². The van der Waals surface area contributed by atoms with Crippen LogP contribution in [0.2, 0.25) is 0 Å². The Kier molecular flexibility index (Phi) is 6.75. The van der Waals surface area contributed by atoms with Crippen LogP contribution < -0.4 is 10.6 Å². The highest BCUT2D eigenvalue weighted by atomic mass is 32.1. The summed E-state index contributed by atoms with van der Waals surface area (Å²) in [7, 11) is 0. The van der Waals surface area contributed by atoms with Crippen LogP contribution in [0.15, 0.2) is 95.9 Å². The number of thiol groups is 1. The lowest BCUT2D eigenvalue weighted by atomic mass is 10.3. The standard InChI is InChI=1S/C13H12N2O.C6H6S/c16-13(14-11-7-3-1-4-8-11)15-12-9-5-2-6-10-12;7-6-4-2-1-3-5-6/h1-10H,(H2,14,15,16);1-5,7H. The van der Waals surface area contributed by atoms with Gasteiger partial charge >= 0.3 is 6.03 Å². The number of nitrogens with one attached hydrogen (secondary N) is 2. The highest BCUT2D eigenvalue weighted by Crippen LogP contribution is 2.08. The zero-order valence-corrected chi connectivity index (χ0v) is 13.4. The van der Waals surface area contributed by atoms with Crippen molar-refractivity contribution in [1.82, 2.24) is 0 Å². The van der Waals surface area contributed by atoms with Crippen LogP contribution in [0.5, 0.6) is 0 Å². The third-order valence-electron chi connectivity index (χ3n) is 2.82. The molecule has 0 fully saturated rings. The summed E-state index contributed by atoms with van der Waals surface area (Å²) in [6.07, 6.45) is 0. The number of para-hydroxylation sites is 2. The molecule has 23 heavy (non-hydrogen) atoms. The Hall–Kier alpha value is -2.72. The fraction of sp³-hybridized carbons (Fsp3) is 0. The molecule has 0 aliphatic carbocycles. The second kappa shape index (κ2) is 9.33. The van der Waals surface area contributed by atoms with E-state index in [1.54, 1.807) is 0 Å². The van der Waals surface area contributed by atoms with E-state index in [1.807, 2.05) is 91.0 Å². The molecule has 0 saturated carbocycles. The van der Waals surface area contributed by atoms with Crippen molar-refractivity contribution in [2.45, 2.75) is 4.90 Å². The Morgan fingerprint density at radius 1 is 0.609 bits per heavy atom. The molecule has 3 aromatic rings. The summed E-state index contributed by atoms with van der Waals surface area (Å²) < 4.78 is 0. The minimum absolute atomic E-state index is 0.239. The molecule has 0 aliphatic heterocycles. The lowest BCUT2D eigenvalue weighted by molar-refractivity contribution is 0.262. The van der Waals surface area contributed by atoms with E-state index < -0.39 is 0 Å². The summed E-state index contributed by atoms with van der Waals surface area (Å²) in [5.41, 5.74) is 1.55. The number of amides is 2. The molecule has 0 unspecified atom stereocenters. The molecule has 0 saturated heterocycles. The summed E-state index contributed by atoms with van der Waals surface area (Å²) in [5, 5.41) is 5.48. The number of hydrogen-bond acceptors (Lipinski definition) is 2. The van der Waals surface area contributed by atoms with Gasteiger partial charge in [-0.2, -0.15) is 0 Å². The van der Waals surface area contributed by atoms with E-state index in [0.717, 1.165) is 16.3 Å². The summed E-state index contributed by atoms with van der Waals surface area (Å²) in [6.45, 7) is 0. The summed E-state index contributed by atoms with van der Waals surface area (Å²) >= 11 is 4.08. The Labute approximate surface area is 141 Å². The number of urea groups is 1. The quantitative estimate of drug-likeness (QED) is 0.550. The van der Waals surface area contributed by atoms with Gasteiger partial charge in [0.25, 0.3) is 0 Å². The lowest BCUT2D eigenvalue weighted by Crippen LogP contribution is -2.19. The molecule has 0 aliphatic rings. The van der Waals surface area contributed by atoms with Crippen molar-refractivity contribution in [1.29, 1.82) is 0 Å². The maximum absolute atomic E-state index is 11.6. The summed E-state index contributed by atoms with van der Waals surface area (Å²) in [4.78, 5) is 12.6. The van der Waals surface area contributed by atoms with Crippen LogP contribution in [-0.2, 0) is 0 Å². The van der Waals surface area contributed by atoms with E-state index in [9.17, 15) is 4.79 Å². The van der Waals surface area contributed by atoms with Crippen LogP contribution in [-0.4, -0.2) is 6.03 Å². The van der Waals surface area contributed by atoms with Crippen molar-refractivity contribution in [3.8, 4) is 0 Å². The molecule has 116 valence electrons. The topological polar surface area (TPSA) is 41.1 Å². The van der Waals surface area contributed by atoms with E-state index >= 15 is 0 Å². The van der Waals surface area contributed by atoms with Gasteiger partial charge in [0.2, 0.25) is 0 Å². The van der Waals surface area contributed by atoms with Gasteiger partial charge in [0, 0.05) is 16.3 Å². The Morgan fingerprint density at radius 2 is 0.957 bits per heavy atom. The van der Waals surface area contributed by atoms with Gasteiger partial charge in [-0.25, -0.2) is 4.79 Å². The average molecular weight is 322 g/mol. The molecule has 2 amide bonds. The largest absolute Gasteiger partial charge is 0.323 e. The second-order valence-corrected chi connectivity index (χ2v) is 5.16. The van der Waals surface area contributed by atoms with E-state index in [0.29, 0.717) is 0 Å². The first-order chi connectivity index (χ1) is 11.2. The van der Waals surface area contributed by atoms with Crippen molar-refractivity contribution < 1.29 is 4.79 Å². The number of carbonyl (C=O) groups is 1. The van der Waals surface area contributed by atoms with E-state index in [2.05, 4.69) is 23.3 Å². The molecule has 0 spiro atoms. The fourth-order valence-electron chi connectivity index (χ4n) is 1.76. The number of hydrogen-bond donors (Lipinski definition) is 3. The van der Waals surface area contributed by atoms with Crippen molar-refractivity contribution in [2.75, 3.05) is 10.6 Å². The molecule has 0 bridgehead atoms. The predicted molar refractivity (Wildman–Crippen MR) is 99.2 cm³/mol. The van der Waals surface area contributed by atoms with Crippen LogP contribution in [0.3, 0.4) is 0 Å². The van der Waals surface area contributed by atoms with Gasteiger partial charge in [0.1, 0.15) is 0 Å². The van der Waals surface area contributed by atoms with Crippen LogP contribution in [0, 0.1) is 0 Å². The smallest absolute Gasteiger partial charge is 0.308 e. The van der Waals surface area contributed by atoms with E-state index in [1.165, 1.54) is 0 Å². The van der Waals surface area contributed by atoms with Crippen LogP contribution in [0.25, 0.3) is 0 Å². The molecule has 0 atom stereocenters. The lowest BCUT2D eigenvalue weighted by Gasteiger charge is -2.06. The monoisotopic (exact) mass is 322 g/mol. The Balaban J connectivity index is 0.000000229. The molecule has 3 nitrogen and oxygen atoms in total. The molecule has 0 radical (unpaired) electrons. The van der Waals surface area contributed by atoms with Crippen molar-refractivity contribution >= 4 is 30.0 Å². The molecular weight excluding hydrogens is 304 g/mol. The zero-order chi connectivity index (χ0) is 16.3. The van der Waals surface area contributed by atoms with Gasteiger partial charge in [-0.15, -0.1) is 12.6 Å². The molecule has 3 aromatic carbocycles. The molecule has 3 rings (SSSR count). The normalized spacial score (nSPS) is 9.26. The third kappa shape index (κ3) is 6.72. The maximum Gasteiger partial charge on any atom is 0.323 e. The Morgan fingerprint density at radius 3 is 1.26 bits per heavy atom. The SMILES string of the molecule is O=C(Nc1ccccc1)Nc1ccccc1.Sc1ccccc1. The van der Waals surface area contributed by atoms with Gasteiger partial charge in [-0.1, -0.05) is 54.6 Å². The maximum atomic E-state index is 11.6. The van der Waals surface area contributed by atoms with Crippen LogP contribution in [0.1, 0.15) is 0 Å². The van der Waals surface area contributed by atoms with Crippen molar-refractivity contribution in [3.05, 3.63) is 91.0 Å². The van der Waals surface area contributed by atoms with Gasteiger partial charge in [0.05, 0.1) is 0 Å². The number of anilines is 2. The average Bonchev–Trinajstić information content (AvgIpc) is 2.58. The van der Waals surface area contributed by atoms with Gasteiger partial charge in [0.15, 0.2) is 0 Å². The minimum Gasteiger partial charge on any atom is -0.308 e. The molecule has 2 N–H and O–H groups in total. The fourth-order valence-corrected chi connectivity index (χ4v) is 1.94. The Bertz CT molecular complexity index is 660. The van der Waals surface area contributed by atoms with E-state index in [4.69, 9.17) is 0 Å². The molecule has 4 heteroatoms. The summed E-state index contributed by atoms with van der Waals surface area (Å²) in [5.74, 6) is 0. The predicted octanol–water partition coefficient (Wildman–Crippen LogP) is 5.31. The number of carbonyl (C=O) groups excluding carboxylic acids is 1. The molecular formula is C19H18N2OS. The van der Waals surface area contributed by atoms with Crippen LogP contribution >= 0.6 is 12.6 Å².